The predicted molar refractivity (Wildman–Crippen MR) is 66.6 cm³/mol. The van der Waals surface area contributed by atoms with E-state index in [9.17, 15) is 4.79 Å². The quantitative estimate of drug-likeness (QED) is 0.730. The normalized spacial score (nSPS) is 23.7. The summed E-state index contributed by atoms with van der Waals surface area (Å²) in [6.07, 6.45) is 0. The molecule has 1 unspecified atom stereocenters. The molecule has 1 N–H and O–H groups in total. The van der Waals surface area contributed by atoms with Crippen LogP contribution in [-0.2, 0) is 4.79 Å². The molecule has 4 nitrogen and oxygen atoms in total. The lowest BCUT2D eigenvalue weighted by Gasteiger charge is -2.29. The van der Waals surface area contributed by atoms with Crippen molar-refractivity contribution in [3.63, 3.8) is 0 Å². The summed E-state index contributed by atoms with van der Waals surface area (Å²) < 4.78 is 0. The van der Waals surface area contributed by atoms with Crippen molar-refractivity contribution in [2.75, 3.05) is 14.1 Å². The van der Waals surface area contributed by atoms with Crippen LogP contribution >= 0.6 is 0 Å². The first-order chi connectivity index (χ1) is 7.05. The SMILES string of the molecule is CN(C)C(=O)C1N=C(C(C)(C)C)NC1(C)C. The van der Waals surface area contributed by atoms with Gasteiger partial charge in [-0.05, 0) is 13.8 Å². The van der Waals surface area contributed by atoms with Gasteiger partial charge in [-0.15, -0.1) is 0 Å². The second-order valence-electron chi connectivity index (χ2n) is 6.21. The van der Waals surface area contributed by atoms with Gasteiger partial charge in [0.1, 0.15) is 5.84 Å². The number of likely N-dealkylation sites (N-methyl/N-ethyl adjacent to an activating group) is 1. The fourth-order valence-corrected chi connectivity index (χ4v) is 1.69. The van der Waals surface area contributed by atoms with Crippen LogP contribution in [0.3, 0.4) is 0 Å². The lowest BCUT2D eigenvalue weighted by molar-refractivity contribution is -0.131. The van der Waals surface area contributed by atoms with E-state index in [1.165, 1.54) is 0 Å². The second-order valence-corrected chi connectivity index (χ2v) is 6.21. The highest BCUT2D eigenvalue weighted by molar-refractivity contribution is 5.95. The number of nitrogens with one attached hydrogen (secondary N) is 1. The Morgan fingerprint density at radius 2 is 1.88 bits per heavy atom. The molecule has 0 saturated carbocycles. The number of nitrogens with zero attached hydrogens (tertiary/aromatic N) is 2. The Labute approximate surface area is 98.1 Å². The first-order valence-corrected chi connectivity index (χ1v) is 5.63. The Hall–Kier alpha value is -1.06. The number of amidine groups is 1. The molecule has 92 valence electrons. The van der Waals surface area contributed by atoms with Gasteiger partial charge in [0.2, 0.25) is 5.91 Å². The number of amides is 1. The largest absolute Gasteiger partial charge is 0.366 e. The van der Waals surface area contributed by atoms with E-state index in [0.29, 0.717) is 0 Å². The van der Waals surface area contributed by atoms with Crippen molar-refractivity contribution in [3.05, 3.63) is 0 Å². The van der Waals surface area contributed by atoms with Crippen molar-refractivity contribution >= 4 is 11.7 Å². The third-order valence-electron chi connectivity index (χ3n) is 2.77. The highest BCUT2D eigenvalue weighted by Gasteiger charge is 2.43. The lowest BCUT2D eigenvalue weighted by atomic mass is 9.93. The minimum absolute atomic E-state index is 0.0430. The molecule has 1 rings (SSSR count). The summed E-state index contributed by atoms with van der Waals surface area (Å²) in [5.74, 6) is 0.967. The third kappa shape index (κ3) is 2.36. The molecule has 4 heteroatoms. The molecule has 1 aliphatic heterocycles. The summed E-state index contributed by atoms with van der Waals surface area (Å²) in [4.78, 5) is 18.2. The summed E-state index contributed by atoms with van der Waals surface area (Å²) in [5, 5.41) is 3.36. The van der Waals surface area contributed by atoms with Crippen molar-refractivity contribution in [2.24, 2.45) is 10.4 Å². The van der Waals surface area contributed by atoms with Gasteiger partial charge in [0.15, 0.2) is 6.04 Å². The zero-order valence-electron chi connectivity index (χ0n) is 11.4. The van der Waals surface area contributed by atoms with Crippen molar-refractivity contribution < 1.29 is 4.79 Å². The molecular formula is C12H23N3O. The van der Waals surface area contributed by atoms with Crippen LogP contribution in [0.25, 0.3) is 0 Å². The fraction of sp³-hybridized carbons (Fsp3) is 0.833. The molecular weight excluding hydrogens is 202 g/mol. The van der Waals surface area contributed by atoms with Gasteiger partial charge in [0, 0.05) is 19.5 Å². The number of carbonyl (C=O) groups excluding carboxylic acids is 1. The average Bonchev–Trinajstić information content (AvgIpc) is 2.39. The molecule has 1 amide bonds. The monoisotopic (exact) mass is 225 g/mol. The molecule has 0 saturated heterocycles. The molecule has 0 fully saturated rings. The van der Waals surface area contributed by atoms with Crippen molar-refractivity contribution in [3.8, 4) is 0 Å². The van der Waals surface area contributed by atoms with Gasteiger partial charge < -0.3 is 10.2 Å². The minimum atomic E-state index is -0.322. The summed E-state index contributed by atoms with van der Waals surface area (Å²) in [6.45, 7) is 10.3. The van der Waals surface area contributed by atoms with Gasteiger partial charge in [0.25, 0.3) is 0 Å². The Kier molecular flexibility index (Phi) is 3.05. The maximum absolute atomic E-state index is 12.0. The Morgan fingerprint density at radius 3 is 2.19 bits per heavy atom. The molecule has 1 heterocycles. The zero-order chi connectivity index (χ0) is 12.7. The number of hydrogen-bond acceptors (Lipinski definition) is 3. The zero-order valence-corrected chi connectivity index (χ0v) is 11.4. The summed E-state index contributed by atoms with van der Waals surface area (Å²) in [5.41, 5.74) is -0.345. The molecule has 0 spiro atoms. The van der Waals surface area contributed by atoms with Crippen molar-refractivity contribution in [1.82, 2.24) is 10.2 Å². The summed E-state index contributed by atoms with van der Waals surface area (Å²) in [6, 6.07) is -0.322. The van der Waals surface area contributed by atoms with E-state index in [1.807, 2.05) is 13.8 Å². The van der Waals surface area contributed by atoms with Gasteiger partial charge in [0.05, 0.1) is 5.54 Å². The van der Waals surface area contributed by atoms with E-state index < -0.39 is 0 Å². The molecule has 1 atom stereocenters. The number of hydrogen-bond donors (Lipinski definition) is 1. The maximum atomic E-state index is 12.0. The van der Waals surface area contributed by atoms with Crippen LogP contribution in [0, 0.1) is 5.41 Å². The highest BCUT2D eigenvalue weighted by Crippen LogP contribution is 2.27. The van der Waals surface area contributed by atoms with Crippen molar-refractivity contribution in [1.29, 1.82) is 0 Å². The van der Waals surface area contributed by atoms with Gasteiger partial charge in [-0.25, -0.2) is 0 Å². The van der Waals surface area contributed by atoms with Crippen LogP contribution in [0.1, 0.15) is 34.6 Å². The molecule has 0 aromatic carbocycles. The van der Waals surface area contributed by atoms with E-state index in [-0.39, 0.29) is 22.9 Å². The summed E-state index contributed by atoms with van der Waals surface area (Å²) in [7, 11) is 3.53. The molecule has 0 aromatic rings. The van der Waals surface area contributed by atoms with Crippen molar-refractivity contribution in [2.45, 2.75) is 46.2 Å². The highest BCUT2D eigenvalue weighted by atomic mass is 16.2. The molecule has 16 heavy (non-hydrogen) atoms. The molecule has 0 radical (unpaired) electrons. The number of carbonyl (C=O) groups is 1. The second kappa shape index (κ2) is 3.75. The average molecular weight is 225 g/mol. The van der Waals surface area contributed by atoms with E-state index in [1.54, 1.807) is 19.0 Å². The van der Waals surface area contributed by atoms with Crippen LogP contribution in [-0.4, -0.2) is 42.3 Å². The molecule has 0 aromatic heterocycles. The number of aliphatic imine (C=N–C) groups is 1. The Bertz CT molecular complexity index is 324. The smallest absolute Gasteiger partial charge is 0.249 e. The molecule has 0 aliphatic carbocycles. The Morgan fingerprint density at radius 1 is 1.38 bits per heavy atom. The standard InChI is InChI=1S/C12H23N3O/c1-11(2,3)10-13-8(9(16)15(6)7)12(4,5)14-10/h8H,1-7H3,(H,13,14). The predicted octanol–water partition coefficient (Wildman–Crippen LogP) is 1.27. The van der Waals surface area contributed by atoms with E-state index in [2.05, 4.69) is 31.1 Å². The maximum Gasteiger partial charge on any atom is 0.249 e. The minimum Gasteiger partial charge on any atom is -0.366 e. The van der Waals surface area contributed by atoms with Crippen LogP contribution < -0.4 is 5.32 Å². The third-order valence-corrected chi connectivity index (χ3v) is 2.77. The van der Waals surface area contributed by atoms with Crippen LogP contribution in [0.5, 0.6) is 0 Å². The van der Waals surface area contributed by atoms with E-state index in [0.717, 1.165) is 5.84 Å². The summed E-state index contributed by atoms with van der Waals surface area (Å²) >= 11 is 0. The van der Waals surface area contributed by atoms with Crippen LogP contribution in [0.15, 0.2) is 4.99 Å². The van der Waals surface area contributed by atoms with E-state index in [4.69, 9.17) is 0 Å². The lowest BCUT2D eigenvalue weighted by Crippen LogP contribution is -2.52. The first-order valence-electron chi connectivity index (χ1n) is 5.63. The fourth-order valence-electron chi connectivity index (χ4n) is 1.69. The van der Waals surface area contributed by atoms with E-state index >= 15 is 0 Å². The van der Waals surface area contributed by atoms with Gasteiger partial charge >= 0.3 is 0 Å². The van der Waals surface area contributed by atoms with Gasteiger partial charge in [-0.2, -0.15) is 0 Å². The van der Waals surface area contributed by atoms with Gasteiger partial charge in [-0.3, -0.25) is 9.79 Å². The van der Waals surface area contributed by atoms with Gasteiger partial charge in [-0.1, -0.05) is 20.8 Å². The van der Waals surface area contributed by atoms with Crippen LogP contribution in [0.2, 0.25) is 0 Å². The topological polar surface area (TPSA) is 44.7 Å². The Balaban J connectivity index is 3.01. The number of rotatable bonds is 1. The first kappa shape index (κ1) is 13.0. The van der Waals surface area contributed by atoms with Crippen LogP contribution in [0.4, 0.5) is 0 Å². The molecule has 0 bridgehead atoms. The molecule has 1 aliphatic rings.